The van der Waals surface area contributed by atoms with Crippen molar-refractivity contribution in [2.24, 2.45) is 7.05 Å². The van der Waals surface area contributed by atoms with Crippen molar-refractivity contribution in [3.63, 3.8) is 0 Å². The molecular weight excluding hydrogens is 342 g/mol. The summed E-state index contributed by atoms with van der Waals surface area (Å²) in [6, 6.07) is 5.89. The molecule has 2 aromatic rings. The summed E-state index contributed by atoms with van der Waals surface area (Å²) < 4.78 is 13.0. The summed E-state index contributed by atoms with van der Waals surface area (Å²) in [7, 11) is 1.90. The van der Waals surface area contributed by atoms with Gasteiger partial charge >= 0.3 is 0 Å². The minimum absolute atomic E-state index is 0.117. The molecule has 1 aromatic heterocycles. The number of hydrogen-bond donors (Lipinski definition) is 1. The minimum Gasteiger partial charge on any atom is -0.490 e. The van der Waals surface area contributed by atoms with Gasteiger partial charge in [-0.05, 0) is 57.9 Å². The highest BCUT2D eigenvalue weighted by molar-refractivity contribution is 5.92. The van der Waals surface area contributed by atoms with Gasteiger partial charge < -0.3 is 14.8 Å². The summed E-state index contributed by atoms with van der Waals surface area (Å²) in [4.78, 5) is 12.1. The molecule has 6 nitrogen and oxygen atoms in total. The molecule has 0 bridgehead atoms. The van der Waals surface area contributed by atoms with E-state index >= 15 is 0 Å². The molecule has 0 fully saturated rings. The average Bonchev–Trinajstić information content (AvgIpc) is 2.87. The molecule has 0 spiro atoms. The Morgan fingerprint density at radius 3 is 2.52 bits per heavy atom. The van der Waals surface area contributed by atoms with Crippen LogP contribution in [0.4, 0.5) is 0 Å². The number of carbonyl (C=O) groups excluding carboxylic acids is 1. The molecule has 0 saturated carbocycles. The molecule has 6 heteroatoms. The van der Waals surface area contributed by atoms with Crippen LogP contribution in [0.1, 0.15) is 36.4 Å². The Bertz CT molecular complexity index is 809. The number of benzene rings is 1. The molecule has 27 heavy (non-hydrogen) atoms. The van der Waals surface area contributed by atoms with Gasteiger partial charge in [0.25, 0.3) is 0 Å². The van der Waals surface area contributed by atoms with Gasteiger partial charge in [0.05, 0.1) is 18.9 Å². The first-order valence-electron chi connectivity index (χ1n) is 9.30. The minimum atomic E-state index is -0.117. The van der Waals surface area contributed by atoms with E-state index in [1.54, 1.807) is 6.08 Å². The Labute approximate surface area is 161 Å². The maximum Gasteiger partial charge on any atom is 0.244 e. The van der Waals surface area contributed by atoms with Gasteiger partial charge in [0.1, 0.15) is 0 Å². The first kappa shape index (κ1) is 20.6. The number of ether oxygens (including phenoxy) is 2. The van der Waals surface area contributed by atoms with E-state index in [0.717, 1.165) is 40.4 Å². The molecule has 0 aliphatic heterocycles. The third-order valence-corrected chi connectivity index (χ3v) is 4.29. The van der Waals surface area contributed by atoms with E-state index in [1.165, 1.54) is 0 Å². The maximum atomic E-state index is 12.1. The zero-order valence-electron chi connectivity index (χ0n) is 16.8. The SMILES string of the molecule is CCOc1ccc(CCNC(=O)/C=C/c2c(C)nn(C)c2C)cc1OCC. The van der Waals surface area contributed by atoms with Gasteiger partial charge in [-0.15, -0.1) is 0 Å². The average molecular weight is 371 g/mol. The summed E-state index contributed by atoms with van der Waals surface area (Å²) in [5, 5.41) is 7.26. The normalized spacial score (nSPS) is 11.0. The molecule has 146 valence electrons. The number of nitrogens with one attached hydrogen (secondary N) is 1. The Morgan fingerprint density at radius 1 is 1.19 bits per heavy atom. The van der Waals surface area contributed by atoms with Crippen LogP contribution >= 0.6 is 0 Å². The molecule has 1 heterocycles. The molecule has 1 aromatic carbocycles. The number of nitrogens with zero attached hydrogens (tertiary/aromatic N) is 2. The number of hydrogen-bond acceptors (Lipinski definition) is 4. The van der Waals surface area contributed by atoms with Crippen molar-refractivity contribution in [1.82, 2.24) is 15.1 Å². The Hall–Kier alpha value is -2.76. The summed E-state index contributed by atoms with van der Waals surface area (Å²) in [6.07, 6.45) is 4.09. The van der Waals surface area contributed by atoms with Crippen LogP contribution in [0.15, 0.2) is 24.3 Å². The zero-order chi connectivity index (χ0) is 19.8. The molecular formula is C21H29N3O3. The van der Waals surface area contributed by atoms with E-state index in [0.29, 0.717) is 19.8 Å². The second kappa shape index (κ2) is 9.80. The fourth-order valence-electron chi connectivity index (χ4n) is 2.83. The van der Waals surface area contributed by atoms with E-state index < -0.39 is 0 Å². The van der Waals surface area contributed by atoms with Gasteiger partial charge in [-0.1, -0.05) is 6.07 Å². The van der Waals surface area contributed by atoms with Crippen LogP contribution in [-0.2, 0) is 18.3 Å². The second-order valence-electron chi connectivity index (χ2n) is 6.23. The predicted molar refractivity (Wildman–Crippen MR) is 107 cm³/mol. The lowest BCUT2D eigenvalue weighted by Gasteiger charge is -2.12. The number of carbonyl (C=O) groups is 1. The molecule has 0 saturated heterocycles. The largest absolute Gasteiger partial charge is 0.490 e. The standard InChI is InChI=1S/C21H29N3O3/c1-6-26-19-10-8-17(14-20(19)27-7-2)12-13-22-21(25)11-9-18-15(3)23-24(5)16(18)4/h8-11,14H,6-7,12-13H2,1-5H3,(H,22,25)/b11-9+. The third kappa shape index (κ3) is 5.61. The fraction of sp³-hybridized carbons (Fsp3) is 0.429. The lowest BCUT2D eigenvalue weighted by Crippen LogP contribution is -2.23. The van der Waals surface area contributed by atoms with Crippen molar-refractivity contribution < 1.29 is 14.3 Å². The molecule has 2 rings (SSSR count). The number of aryl methyl sites for hydroxylation is 2. The summed E-state index contributed by atoms with van der Waals surface area (Å²) >= 11 is 0. The van der Waals surface area contributed by atoms with Crippen LogP contribution in [0.25, 0.3) is 6.08 Å². The van der Waals surface area contributed by atoms with E-state index in [4.69, 9.17) is 9.47 Å². The highest BCUT2D eigenvalue weighted by Gasteiger charge is 2.08. The van der Waals surface area contributed by atoms with Gasteiger partial charge in [0, 0.05) is 30.9 Å². The fourth-order valence-corrected chi connectivity index (χ4v) is 2.83. The molecule has 0 unspecified atom stereocenters. The van der Waals surface area contributed by atoms with Gasteiger partial charge in [-0.3, -0.25) is 9.48 Å². The van der Waals surface area contributed by atoms with E-state index in [2.05, 4.69) is 10.4 Å². The molecule has 0 aliphatic carbocycles. The van der Waals surface area contributed by atoms with Gasteiger partial charge in [-0.25, -0.2) is 0 Å². The molecule has 0 radical (unpaired) electrons. The van der Waals surface area contributed by atoms with Crippen molar-refractivity contribution in [3.8, 4) is 11.5 Å². The summed E-state index contributed by atoms with van der Waals surface area (Å²) in [5.41, 5.74) is 4.02. The quantitative estimate of drug-likeness (QED) is 0.688. The monoisotopic (exact) mass is 371 g/mol. The summed E-state index contributed by atoms with van der Waals surface area (Å²) in [6.45, 7) is 9.54. The van der Waals surface area contributed by atoms with Crippen LogP contribution in [0.5, 0.6) is 11.5 Å². The lowest BCUT2D eigenvalue weighted by molar-refractivity contribution is -0.116. The molecule has 0 aliphatic rings. The number of aromatic nitrogens is 2. The smallest absolute Gasteiger partial charge is 0.244 e. The predicted octanol–water partition coefficient (Wildman–Crippen LogP) is 3.21. The second-order valence-corrected chi connectivity index (χ2v) is 6.23. The molecule has 0 atom stereocenters. The van der Waals surface area contributed by atoms with Crippen LogP contribution < -0.4 is 14.8 Å². The van der Waals surface area contributed by atoms with Crippen LogP contribution in [0.3, 0.4) is 0 Å². The van der Waals surface area contributed by atoms with Crippen molar-refractivity contribution in [3.05, 3.63) is 46.8 Å². The summed E-state index contributed by atoms with van der Waals surface area (Å²) in [5.74, 6) is 1.37. The lowest BCUT2D eigenvalue weighted by atomic mass is 10.1. The first-order valence-corrected chi connectivity index (χ1v) is 9.30. The Balaban J connectivity index is 1.90. The van der Waals surface area contributed by atoms with Crippen molar-refractivity contribution in [2.75, 3.05) is 19.8 Å². The van der Waals surface area contributed by atoms with E-state index in [1.807, 2.05) is 63.7 Å². The van der Waals surface area contributed by atoms with Crippen molar-refractivity contribution in [2.45, 2.75) is 34.1 Å². The first-order chi connectivity index (χ1) is 13.0. The molecule has 1 amide bonds. The van der Waals surface area contributed by atoms with Crippen LogP contribution in [-0.4, -0.2) is 35.4 Å². The highest BCUT2D eigenvalue weighted by atomic mass is 16.5. The maximum absolute atomic E-state index is 12.1. The van der Waals surface area contributed by atoms with Crippen molar-refractivity contribution in [1.29, 1.82) is 0 Å². The topological polar surface area (TPSA) is 65.4 Å². The van der Waals surface area contributed by atoms with Crippen LogP contribution in [0.2, 0.25) is 0 Å². The Morgan fingerprint density at radius 2 is 1.89 bits per heavy atom. The zero-order valence-corrected chi connectivity index (χ0v) is 16.8. The van der Waals surface area contributed by atoms with E-state index in [9.17, 15) is 4.79 Å². The third-order valence-electron chi connectivity index (χ3n) is 4.29. The van der Waals surface area contributed by atoms with Crippen molar-refractivity contribution >= 4 is 12.0 Å². The number of amides is 1. The van der Waals surface area contributed by atoms with Gasteiger partial charge in [-0.2, -0.15) is 5.10 Å². The molecule has 1 N–H and O–H groups in total. The van der Waals surface area contributed by atoms with E-state index in [-0.39, 0.29) is 5.91 Å². The Kier molecular flexibility index (Phi) is 7.46. The highest BCUT2D eigenvalue weighted by Crippen LogP contribution is 2.28. The number of rotatable bonds is 9. The van der Waals surface area contributed by atoms with Crippen LogP contribution in [0, 0.1) is 13.8 Å². The van der Waals surface area contributed by atoms with Gasteiger partial charge in [0.2, 0.25) is 5.91 Å². The van der Waals surface area contributed by atoms with Gasteiger partial charge in [0.15, 0.2) is 11.5 Å².